The molecule has 0 bridgehead atoms. The summed E-state index contributed by atoms with van der Waals surface area (Å²) < 4.78 is 10.9. The van der Waals surface area contributed by atoms with Crippen LogP contribution in [0.2, 0.25) is 0 Å². The van der Waals surface area contributed by atoms with Crippen molar-refractivity contribution in [3.05, 3.63) is 29.8 Å². The summed E-state index contributed by atoms with van der Waals surface area (Å²) >= 11 is 0. The zero-order chi connectivity index (χ0) is 14.6. The highest BCUT2D eigenvalue weighted by Gasteiger charge is 2.48. The largest absolute Gasteiger partial charge is 0.478 e. The van der Waals surface area contributed by atoms with Gasteiger partial charge in [-0.15, -0.1) is 0 Å². The van der Waals surface area contributed by atoms with Gasteiger partial charge in [0.2, 0.25) is 0 Å². The van der Waals surface area contributed by atoms with Gasteiger partial charge in [0.1, 0.15) is 11.8 Å². The molecule has 0 spiro atoms. The zero-order valence-corrected chi connectivity index (χ0v) is 12.3. The van der Waals surface area contributed by atoms with Crippen molar-refractivity contribution in [2.24, 2.45) is 5.41 Å². The Hall–Kier alpha value is -1.57. The number of nitriles is 1. The van der Waals surface area contributed by atoms with Crippen molar-refractivity contribution >= 4 is 0 Å². The van der Waals surface area contributed by atoms with Crippen LogP contribution in [-0.2, 0) is 11.3 Å². The number of benzene rings is 1. The molecule has 1 fully saturated rings. The molecule has 0 aromatic heterocycles. The van der Waals surface area contributed by atoms with E-state index < -0.39 is 0 Å². The van der Waals surface area contributed by atoms with Crippen molar-refractivity contribution in [2.75, 3.05) is 13.7 Å². The fourth-order valence-electron chi connectivity index (χ4n) is 2.77. The second-order valence-corrected chi connectivity index (χ2v) is 5.77. The molecule has 1 aromatic carbocycles. The second kappa shape index (κ2) is 6.25. The predicted molar refractivity (Wildman–Crippen MR) is 77.4 cm³/mol. The second-order valence-electron chi connectivity index (χ2n) is 5.77. The monoisotopic (exact) mass is 274 g/mol. The normalized spacial score (nSPS) is 23.7. The van der Waals surface area contributed by atoms with E-state index in [1.165, 1.54) is 0 Å². The summed E-state index contributed by atoms with van der Waals surface area (Å²) in [5.41, 5.74) is 1.23. The van der Waals surface area contributed by atoms with Crippen molar-refractivity contribution in [3.8, 4) is 11.8 Å². The number of methoxy groups -OCH3 is 1. The molecule has 0 radical (unpaired) electrons. The Kier molecular flexibility index (Phi) is 4.64. The van der Waals surface area contributed by atoms with E-state index in [2.05, 4.69) is 19.2 Å². The van der Waals surface area contributed by atoms with Gasteiger partial charge in [-0.3, -0.25) is 0 Å². The van der Waals surface area contributed by atoms with Crippen LogP contribution in [0.15, 0.2) is 24.3 Å². The highest BCUT2D eigenvalue weighted by atomic mass is 16.5. The van der Waals surface area contributed by atoms with Crippen molar-refractivity contribution in [3.63, 3.8) is 0 Å². The van der Waals surface area contributed by atoms with Gasteiger partial charge in [0.05, 0.1) is 6.10 Å². The van der Waals surface area contributed by atoms with Crippen LogP contribution >= 0.6 is 0 Å². The van der Waals surface area contributed by atoms with E-state index in [0.29, 0.717) is 12.1 Å². The molecular formula is C16H22N2O2. The van der Waals surface area contributed by atoms with E-state index in [1.807, 2.05) is 30.3 Å². The van der Waals surface area contributed by atoms with Gasteiger partial charge in [0.15, 0.2) is 6.61 Å². The fourth-order valence-corrected chi connectivity index (χ4v) is 2.77. The number of nitrogens with zero attached hydrogens (tertiary/aromatic N) is 1. The lowest BCUT2D eigenvalue weighted by Crippen LogP contribution is -2.60. The molecule has 1 saturated carbocycles. The molecule has 1 aliphatic carbocycles. The minimum atomic E-state index is 0.0810. The number of para-hydroxylation sites is 1. The maximum absolute atomic E-state index is 8.60. The van der Waals surface area contributed by atoms with Gasteiger partial charge in [-0.1, -0.05) is 32.0 Å². The molecule has 0 aliphatic heterocycles. The number of ether oxygens (including phenoxy) is 2. The van der Waals surface area contributed by atoms with Crippen LogP contribution in [-0.4, -0.2) is 25.9 Å². The Labute approximate surface area is 120 Å². The standard InChI is InChI=1S/C16H22N2O2/c1-16(2)14(10-15(16)19-3)18-11-12-6-4-5-7-13(12)20-9-8-17/h4-7,14-15,18H,9-11H2,1-3H3. The number of rotatable bonds is 6. The first-order chi connectivity index (χ1) is 9.59. The lowest BCUT2D eigenvalue weighted by molar-refractivity contribution is -0.0979. The van der Waals surface area contributed by atoms with Crippen LogP contribution in [0.3, 0.4) is 0 Å². The third kappa shape index (κ3) is 2.95. The molecule has 1 aliphatic rings. The average molecular weight is 274 g/mol. The molecule has 2 atom stereocenters. The summed E-state index contributed by atoms with van der Waals surface area (Å²) in [7, 11) is 1.77. The molecule has 2 rings (SSSR count). The summed E-state index contributed by atoms with van der Waals surface area (Å²) in [6, 6.07) is 10.3. The van der Waals surface area contributed by atoms with Crippen molar-refractivity contribution in [1.82, 2.24) is 5.32 Å². The summed E-state index contributed by atoms with van der Waals surface area (Å²) in [4.78, 5) is 0. The molecule has 0 saturated heterocycles. The lowest BCUT2D eigenvalue weighted by Gasteiger charge is -2.51. The number of nitrogens with one attached hydrogen (secondary N) is 1. The molecule has 1 N–H and O–H groups in total. The van der Waals surface area contributed by atoms with Gasteiger partial charge >= 0.3 is 0 Å². The minimum Gasteiger partial charge on any atom is -0.478 e. The van der Waals surface area contributed by atoms with Crippen molar-refractivity contribution in [1.29, 1.82) is 5.26 Å². The van der Waals surface area contributed by atoms with Crippen LogP contribution in [0.5, 0.6) is 5.75 Å². The van der Waals surface area contributed by atoms with Crippen LogP contribution in [0.4, 0.5) is 0 Å². The van der Waals surface area contributed by atoms with E-state index in [4.69, 9.17) is 14.7 Å². The van der Waals surface area contributed by atoms with Gasteiger partial charge in [-0.25, -0.2) is 0 Å². The first-order valence-electron chi connectivity index (χ1n) is 6.93. The molecule has 2 unspecified atom stereocenters. The van der Waals surface area contributed by atoms with E-state index in [-0.39, 0.29) is 12.0 Å². The van der Waals surface area contributed by atoms with E-state index in [1.54, 1.807) is 7.11 Å². The van der Waals surface area contributed by atoms with Crippen LogP contribution in [0, 0.1) is 16.7 Å². The molecule has 4 heteroatoms. The molecule has 0 amide bonds. The van der Waals surface area contributed by atoms with E-state index >= 15 is 0 Å². The number of hydrogen-bond acceptors (Lipinski definition) is 4. The van der Waals surface area contributed by atoms with Crippen LogP contribution < -0.4 is 10.1 Å². The van der Waals surface area contributed by atoms with E-state index in [9.17, 15) is 0 Å². The quantitative estimate of drug-likeness (QED) is 0.866. The maximum Gasteiger partial charge on any atom is 0.174 e. The zero-order valence-electron chi connectivity index (χ0n) is 12.3. The summed E-state index contributed by atoms with van der Waals surface area (Å²) in [5.74, 6) is 0.780. The van der Waals surface area contributed by atoms with E-state index in [0.717, 1.165) is 24.3 Å². The minimum absolute atomic E-state index is 0.0810. The van der Waals surface area contributed by atoms with Gasteiger partial charge in [0, 0.05) is 30.7 Å². The fraction of sp³-hybridized carbons (Fsp3) is 0.562. The Balaban J connectivity index is 1.94. The number of hydrogen-bond donors (Lipinski definition) is 1. The Morgan fingerprint density at radius 3 is 2.80 bits per heavy atom. The third-order valence-corrected chi connectivity index (χ3v) is 4.27. The Bertz CT molecular complexity index is 493. The van der Waals surface area contributed by atoms with Crippen molar-refractivity contribution < 1.29 is 9.47 Å². The third-order valence-electron chi connectivity index (χ3n) is 4.27. The maximum atomic E-state index is 8.60. The van der Waals surface area contributed by atoms with Crippen LogP contribution in [0.25, 0.3) is 0 Å². The van der Waals surface area contributed by atoms with Gasteiger partial charge < -0.3 is 14.8 Å². The molecule has 20 heavy (non-hydrogen) atoms. The highest BCUT2D eigenvalue weighted by molar-refractivity contribution is 5.33. The first kappa shape index (κ1) is 14.8. The molecular weight excluding hydrogens is 252 g/mol. The molecule has 0 heterocycles. The molecule has 4 nitrogen and oxygen atoms in total. The van der Waals surface area contributed by atoms with Gasteiger partial charge in [0.25, 0.3) is 0 Å². The average Bonchev–Trinajstić information content (AvgIpc) is 2.45. The molecule has 1 aromatic rings. The topological polar surface area (TPSA) is 54.3 Å². The van der Waals surface area contributed by atoms with Gasteiger partial charge in [-0.05, 0) is 12.5 Å². The molecule has 108 valence electrons. The Morgan fingerprint density at radius 1 is 1.40 bits per heavy atom. The van der Waals surface area contributed by atoms with Crippen LogP contribution in [0.1, 0.15) is 25.8 Å². The highest BCUT2D eigenvalue weighted by Crippen LogP contribution is 2.42. The van der Waals surface area contributed by atoms with Crippen molar-refractivity contribution in [2.45, 2.75) is 39.0 Å². The SMILES string of the molecule is COC1CC(NCc2ccccc2OCC#N)C1(C)C. The lowest BCUT2D eigenvalue weighted by atomic mass is 9.64. The first-order valence-corrected chi connectivity index (χ1v) is 6.93. The van der Waals surface area contributed by atoms with Gasteiger partial charge in [-0.2, -0.15) is 5.26 Å². The predicted octanol–water partition coefficient (Wildman–Crippen LogP) is 2.49. The summed E-state index contributed by atoms with van der Waals surface area (Å²) in [5, 5.41) is 12.2. The Morgan fingerprint density at radius 2 is 2.15 bits per heavy atom. The smallest absolute Gasteiger partial charge is 0.174 e. The summed E-state index contributed by atoms with van der Waals surface area (Å²) in [6.07, 6.45) is 1.36. The summed E-state index contributed by atoms with van der Waals surface area (Å²) in [6.45, 7) is 5.27.